The summed E-state index contributed by atoms with van der Waals surface area (Å²) in [5.41, 5.74) is 2.70. The van der Waals surface area contributed by atoms with Gasteiger partial charge in [-0.2, -0.15) is 0 Å². The number of rotatable bonds is 4. The zero-order chi connectivity index (χ0) is 14.1. The zero-order valence-corrected chi connectivity index (χ0v) is 12.5. The molecule has 0 N–H and O–H groups in total. The van der Waals surface area contributed by atoms with Crippen molar-refractivity contribution in [3.05, 3.63) is 53.7 Å². The van der Waals surface area contributed by atoms with Crippen LogP contribution in [-0.4, -0.2) is 9.97 Å². The number of benzene rings is 1. The quantitative estimate of drug-likeness (QED) is 0.505. The summed E-state index contributed by atoms with van der Waals surface area (Å²) in [4.78, 5) is 8.99. The second-order valence-electron chi connectivity index (χ2n) is 4.36. The first-order chi connectivity index (χ1) is 10.4. The van der Waals surface area contributed by atoms with Gasteiger partial charge in [0.2, 0.25) is 0 Å². The Morgan fingerprint density at radius 1 is 1.10 bits per heavy atom. The molecule has 0 saturated carbocycles. The van der Waals surface area contributed by atoms with E-state index in [4.69, 9.17) is 8.83 Å². The van der Waals surface area contributed by atoms with E-state index in [2.05, 4.69) is 9.97 Å². The molecule has 21 heavy (non-hydrogen) atoms. The predicted octanol–water partition coefficient (Wildman–Crippen LogP) is 4.84. The van der Waals surface area contributed by atoms with Gasteiger partial charge in [-0.15, -0.1) is 11.3 Å². The van der Waals surface area contributed by atoms with E-state index < -0.39 is 0 Å². The molecule has 0 fully saturated rings. The molecule has 0 bridgehead atoms. The summed E-state index contributed by atoms with van der Waals surface area (Å²) in [5.74, 6) is 1.53. The molecule has 0 radical (unpaired) electrons. The van der Waals surface area contributed by atoms with E-state index >= 15 is 0 Å². The maximum Gasteiger partial charge on any atom is 0.257 e. The number of hydrogen-bond acceptors (Lipinski definition) is 6. The van der Waals surface area contributed by atoms with Crippen molar-refractivity contribution < 1.29 is 8.83 Å². The van der Waals surface area contributed by atoms with Crippen molar-refractivity contribution in [2.75, 3.05) is 0 Å². The van der Waals surface area contributed by atoms with Crippen LogP contribution in [0, 0.1) is 0 Å². The number of thiazole rings is 1. The lowest BCUT2D eigenvalue weighted by atomic mass is 10.3. The van der Waals surface area contributed by atoms with Crippen molar-refractivity contribution in [3.8, 4) is 10.8 Å². The van der Waals surface area contributed by atoms with Crippen molar-refractivity contribution in [3.63, 3.8) is 0 Å². The SMILES string of the molecule is c1coc(-c2nc(CSc3nc4ccccc4o3)cs2)c1. The molecular weight excluding hydrogens is 304 g/mol. The van der Waals surface area contributed by atoms with Crippen molar-refractivity contribution in [2.45, 2.75) is 11.0 Å². The number of nitrogens with zero attached hydrogens (tertiary/aromatic N) is 2. The Labute approximate surface area is 128 Å². The molecule has 4 nitrogen and oxygen atoms in total. The van der Waals surface area contributed by atoms with Crippen LogP contribution < -0.4 is 0 Å². The van der Waals surface area contributed by atoms with Crippen LogP contribution in [0.25, 0.3) is 21.9 Å². The second-order valence-corrected chi connectivity index (χ2v) is 6.14. The Morgan fingerprint density at radius 2 is 2.05 bits per heavy atom. The molecule has 0 aliphatic heterocycles. The van der Waals surface area contributed by atoms with Gasteiger partial charge in [0, 0.05) is 11.1 Å². The minimum atomic E-state index is 0.670. The minimum absolute atomic E-state index is 0.670. The highest BCUT2D eigenvalue weighted by molar-refractivity contribution is 7.98. The van der Waals surface area contributed by atoms with Gasteiger partial charge in [0.25, 0.3) is 5.22 Å². The molecule has 3 aromatic heterocycles. The normalized spacial score (nSPS) is 11.2. The maximum absolute atomic E-state index is 5.68. The summed E-state index contributed by atoms with van der Waals surface area (Å²) in [6, 6.07) is 11.5. The van der Waals surface area contributed by atoms with Crippen LogP contribution in [0.15, 0.2) is 62.1 Å². The Bertz CT molecular complexity index is 832. The lowest BCUT2D eigenvalue weighted by Crippen LogP contribution is -1.81. The molecule has 1 aromatic carbocycles. The van der Waals surface area contributed by atoms with Gasteiger partial charge >= 0.3 is 0 Å². The van der Waals surface area contributed by atoms with E-state index in [0.717, 1.165) is 33.3 Å². The van der Waals surface area contributed by atoms with Gasteiger partial charge in [-0.1, -0.05) is 23.9 Å². The number of oxazole rings is 1. The fraction of sp³-hybridized carbons (Fsp3) is 0.0667. The van der Waals surface area contributed by atoms with Gasteiger partial charge in [-0.25, -0.2) is 9.97 Å². The monoisotopic (exact) mass is 314 g/mol. The highest BCUT2D eigenvalue weighted by Gasteiger charge is 2.10. The molecule has 0 unspecified atom stereocenters. The van der Waals surface area contributed by atoms with E-state index in [9.17, 15) is 0 Å². The molecule has 0 aliphatic carbocycles. The summed E-state index contributed by atoms with van der Waals surface area (Å²) >= 11 is 3.12. The van der Waals surface area contributed by atoms with E-state index in [1.165, 1.54) is 0 Å². The molecule has 0 aliphatic rings. The summed E-state index contributed by atoms with van der Waals surface area (Å²) in [6.07, 6.45) is 1.66. The lowest BCUT2D eigenvalue weighted by Gasteiger charge is -1.92. The molecule has 4 aromatic rings. The Balaban J connectivity index is 1.49. The average Bonchev–Trinajstić information content (AvgIpc) is 3.23. The molecule has 104 valence electrons. The van der Waals surface area contributed by atoms with Crippen molar-refractivity contribution in [1.82, 2.24) is 9.97 Å². The summed E-state index contributed by atoms with van der Waals surface area (Å²) in [5, 5.41) is 3.60. The molecular formula is C15H10N2O2S2. The molecule has 0 saturated heterocycles. The summed E-state index contributed by atoms with van der Waals surface area (Å²) in [6.45, 7) is 0. The number of fused-ring (bicyclic) bond motifs is 1. The van der Waals surface area contributed by atoms with E-state index in [1.807, 2.05) is 41.8 Å². The van der Waals surface area contributed by atoms with E-state index in [-0.39, 0.29) is 0 Å². The fourth-order valence-electron chi connectivity index (χ4n) is 1.94. The van der Waals surface area contributed by atoms with Gasteiger partial charge in [-0.3, -0.25) is 0 Å². The van der Waals surface area contributed by atoms with Gasteiger partial charge in [-0.05, 0) is 24.3 Å². The Hall–Kier alpha value is -2.05. The van der Waals surface area contributed by atoms with Crippen molar-refractivity contribution in [1.29, 1.82) is 0 Å². The van der Waals surface area contributed by atoms with Crippen LogP contribution in [-0.2, 0) is 5.75 Å². The first kappa shape index (κ1) is 12.7. The Morgan fingerprint density at radius 3 is 2.90 bits per heavy atom. The maximum atomic E-state index is 5.68. The number of thioether (sulfide) groups is 1. The van der Waals surface area contributed by atoms with Crippen molar-refractivity contribution >= 4 is 34.2 Å². The molecule has 4 rings (SSSR count). The summed E-state index contributed by atoms with van der Waals surface area (Å²) < 4.78 is 11.0. The lowest BCUT2D eigenvalue weighted by molar-refractivity contribution is 0.489. The third kappa shape index (κ3) is 2.59. The molecule has 6 heteroatoms. The topological polar surface area (TPSA) is 52.1 Å². The van der Waals surface area contributed by atoms with Crippen LogP contribution in [0.3, 0.4) is 0 Å². The molecule has 0 atom stereocenters. The second kappa shape index (κ2) is 5.38. The smallest absolute Gasteiger partial charge is 0.257 e. The van der Waals surface area contributed by atoms with Crippen LogP contribution in [0.5, 0.6) is 0 Å². The first-order valence-corrected chi connectivity index (χ1v) is 8.22. The van der Waals surface area contributed by atoms with E-state index in [0.29, 0.717) is 5.22 Å². The zero-order valence-electron chi connectivity index (χ0n) is 10.9. The van der Waals surface area contributed by atoms with Crippen LogP contribution in [0.2, 0.25) is 0 Å². The van der Waals surface area contributed by atoms with Crippen LogP contribution in [0.4, 0.5) is 0 Å². The van der Waals surface area contributed by atoms with Gasteiger partial charge in [0.15, 0.2) is 16.4 Å². The van der Waals surface area contributed by atoms with Crippen molar-refractivity contribution in [2.24, 2.45) is 0 Å². The highest BCUT2D eigenvalue weighted by atomic mass is 32.2. The fourth-order valence-corrected chi connectivity index (χ4v) is 3.56. The third-order valence-electron chi connectivity index (χ3n) is 2.90. The largest absolute Gasteiger partial charge is 0.462 e. The number of furan rings is 1. The van der Waals surface area contributed by atoms with Gasteiger partial charge in [0.05, 0.1) is 12.0 Å². The number of aromatic nitrogens is 2. The minimum Gasteiger partial charge on any atom is -0.462 e. The third-order valence-corrected chi connectivity index (χ3v) is 4.67. The standard InChI is InChI=1S/C15H10N2O2S2/c1-2-5-12-11(4-1)17-15(19-12)21-9-10-8-20-14(16-10)13-6-3-7-18-13/h1-8H,9H2. The van der Waals surface area contributed by atoms with Gasteiger partial charge in [0.1, 0.15) is 5.52 Å². The van der Waals surface area contributed by atoms with Crippen LogP contribution >= 0.6 is 23.1 Å². The average molecular weight is 314 g/mol. The van der Waals surface area contributed by atoms with Crippen LogP contribution in [0.1, 0.15) is 5.69 Å². The predicted molar refractivity (Wildman–Crippen MR) is 83.4 cm³/mol. The Kier molecular flexibility index (Phi) is 3.25. The highest BCUT2D eigenvalue weighted by Crippen LogP contribution is 2.29. The number of hydrogen-bond donors (Lipinski definition) is 0. The number of para-hydroxylation sites is 2. The van der Waals surface area contributed by atoms with E-state index in [1.54, 1.807) is 29.4 Å². The van der Waals surface area contributed by atoms with Gasteiger partial charge < -0.3 is 8.83 Å². The first-order valence-electron chi connectivity index (χ1n) is 6.35. The molecule has 0 amide bonds. The summed E-state index contributed by atoms with van der Waals surface area (Å²) in [7, 11) is 0. The molecule has 3 heterocycles. The molecule has 0 spiro atoms.